The molecule has 0 fully saturated rings. The SMILES string of the molecule is Cc1ccc(Cn2cc(C(=O)O)c(-c3cccs3)n2)cc1. The van der Waals surface area contributed by atoms with E-state index in [1.165, 1.54) is 16.9 Å². The second kappa shape index (κ2) is 5.54. The van der Waals surface area contributed by atoms with Gasteiger partial charge in [0.25, 0.3) is 0 Å². The number of hydrogen-bond acceptors (Lipinski definition) is 3. The first kappa shape index (κ1) is 13.6. The lowest BCUT2D eigenvalue weighted by atomic mass is 10.1. The molecular weight excluding hydrogens is 284 g/mol. The molecule has 4 nitrogen and oxygen atoms in total. The third-order valence-corrected chi connectivity index (χ3v) is 4.09. The first-order valence-corrected chi connectivity index (χ1v) is 7.41. The number of carboxylic acid groups (broad SMARTS) is 1. The molecule has 2 heterocycles. The van der Waals surface area contributed by atoms with Gasteiger partial charge >= 0.3 is 5.97 Å². The van der Waals surface area contributed by atoms with E-state index in [1.54, 1.807) is 10.9 Å². The molecule has 0 unspecified atom stereocenters. The van der Waals surface area contributed by atoms with Gasteiger partial charge in [-0.05, 0) is 23.9 Å². The van der Waals surface area contributed by atoms with Gasteiger partial charge in [-0.3, -0.25) is 4.68 Å². The Morgan fingerprint density at radius 3 is 2.67 bits per heavy atom. The van der Waals surface area contributed by atoms with Crippen molar-refractivity contribution in [3.63, 3.8) is 0 Å². The van der Waals surface area contributed by atoms with Gasteiger partial charge < -0.3 is 5.11 Å². The standard InChI is InChI=1S/C16H14N2O2S/c1-11-4-6-12(7-5-11)9-18-10-13(16(19)20)15(17-18)14-3-2-8-21-14/h2-8,10H,9H2,1H3,(H,19,20). The summed E-state index contributed by atoms with van der Waals surface area (Å²) in [6.07, 6.45) is 1.59. The summed E-state index contributed by atoms with van der Waals surface area (Å²) in [4.78, 5) is 12.2. The first-order chi connectivity index (χ1) is 10.1. The molecule has 0 aliphatic rings. The molecule has 0 aliphatic heterocycles. The van der Waals surface area contributed by atoms with E-state index in [1.807, 2.05) is 48.7 Å². The van der Waals surface area contributed by atoms with Crippen LogP contribution in [-0.2, 0) is 6.54 Å². The van der Waals surface area contributed by atoms with Crippen LogP contribution < -0.4 is 0 Å². The zero-order chi connectivity index (χ0) is 14.8. The van der Waals surface area contributed by atoms with Crippen molar-refractivity contribution in [3.05, 3.63) is 64.7 Å². The number of benzene rings is 1. The highest BCUT2D eigenvalue weighted by Gasteiger charge is 2.17. The number of hydrogen-bond donors (Lipinski definition) is 1. The third-order valence-electron chi connectivity index (χ3n) is 3.21. The molecule has 1 N–H and O–H groups in total. The number of nitrogens with zero attached hydrogens (tertiary/aromatic N) is 2. The van der Waals surface area contributed by atoms with Crippen molar-refractivity contribution in [3.8, 4) is 10.6 Å². The summed E-state index contributed by atoms with van der Waals surface area (Å²) >= 11 is 1.49. The minimum absolute atomic E-state index is 0.240. The maximum atomic E-state index is 11.4. The highest BCUT2D eigenvalue weighted by Crippen LogP contribution is 2.26. The van der Waals surface area contributed by atoms with Crippen molar-refractivity contribution in [1.82, 2.24) is 9.78 Å². The van der Waals surface area contributed by atoms with Crippen LogP contribution in [0.1, 0.15) is 21.5 Å². The van der Waals surface area contributed by atoms with E-state index in [0.29, 0.717) is 12.2 Å². The summed E-state index contributed by atoms with van der Waals surface area (Å²) in [6, 6.07) is 11.9. The molecule has 0 radical (unpaired) electrons. The van der Waals surface area contributed by atoms with Gasteiger partial charge in [-0.15, -0.1) is 11.3 Å². The molecule has 106 valence electrons. The maximum absolute atomic E-state index is 11.4. The Bertz CT molecular complexity index is 758. The summed E-state index contributed by atoms with van der Waals surface area (Å²) in [6.45, 7) is 2.60. The molecule has 3 aromatic rings. The summed E-state index contributed by atoms with van der Waals surface area (Å²) in [5, 5.41) is 15.7. The Labute approximate surface area is 126 Å². The van der Waals surface area contributed by atoms with Crippen molar-refractivity contribution < 1.29 is 9.90 Å². The van der Waals surface area contributed by atoms with E-state index >= 15 is 0 Å². The number of thiophene rings is 1. The lowest BCUT2D eigenvalue weighted by Gasteiger charge is -2.02. The number of aromatic nitrogens is 2. The Morgan fingerprint density at radius 1 is 1.29 bits per heavy atom. The average molecular weight is 298 g/mol. The van der Waals surface area contributed by atoms with Gasteiger partial charge in [0.1, 0.15) is 11.3 Å². The van der Waals surface area contributed by atoms with Gasteiger partial charge in [0.05, 0.1) is 11.4 Å². The molecule has 1 aromatic carbocycles. The third kappa shape index (κ3) is 2.87. The summed E-state index contributed by atoms with van der Waals surface area (Å²) < 4.78 is 1.68. The molecule has 3 rings (SSSR count). The minimum Gasteiger partial charge on any atom is -0.478 e. The van der Waals surface area contributed by atoms with Crippen molar-refractivity contribution >= 4 is 17.3 Å². The van der Waals surface area contributed by atoms with Crippen LogP contribution in [0.2, 0.25) is 0 Å². The van der Waals surface area contributed by atoms with Gasteiger partial charge in [0.15, 0.2) is 0 Å². The predicted octanol–water partition coefficient (Wildman–Crippen LogP) is 3.67. The highest BCUT2D eigenvalue weighted by molar-refractivity contribution is 7.13. The molecule has 2 aromatic heterocycles. The average Bonchev–Trinajstić information content (AvgIpc) is 3.10. The van der Waals surface area contributed by atoms with Crippen LogP contribution in [0.4, 0.5) is 0 Å². The quantitative estimate of drug-likeness (QED) is 0.799. The van der Waals surface area contributed by atoms with E-state index in [2.05, 4.69) is 5.10 Å². The Kier molecular flexibility index (Phi) is 3.58. The molecule has 0 amide bonds. The van der Waals surface area contributed by atoms with Crippen molar-refractivity contribution in [2.45, 2.75) is 13.5 Å². The molecule has 0 bridgehead atoms. The summed E-state index contributed by atoms with van der Waals surface area (Å²) in [5.41, 5.74) is 3.07. The van der Waals surface area contributed by atoms with Gasteiger partial charge in [-0.25, -0.2) is 4.79 Å². The first-order valence-electron chi connectivity index (χ1n) is 6.53. The van der Waals surface area contributed by atoms with Gasteiger partial charge in [-0.1, -0.05) is 35.9 Å². The fourth-order valence-electron chi connectivity index (χ4n) is 2.13. The monoisotopic (exact) mass is 298 g/mol. The van der Waals surface area contributed by atoms with Crippen molar-refractivity contribution in [2.24, 2.45) is 0 Å². The number of aromatic carboxylic acids is 1. The van der Waals surface area contributed by atoms with Crippen LogP contribution >= 0.6 is 11.3 Å². The van der Waals surface area contributed by atoms with E-state index in [9.17, 15) is 9.90 Å². The summed E-state index contributed by atoms with van der Waals surface area (Å²) in [7, 11) is 0. The molecule has 21 heavy (non-hydrogen) atoms. The summed E-state index contributed by atoms with van der Waals surface area (Å²) in [5.74, 6) is -0.950. The normalized spacial score (nSPS) is 10.7. The number of carboxylic acids is 1. The van der Waals surface area contributed by atoms with E-state index in [4.69, 9.17) is 0 Å². The van der Waals surface area contributed by atoms with Crippen molar-refractivity contribution in [1.29, 1.82) is 0 Å². The molecule has 0 saturated carbocycles. The number of aryl methyl sites for hydroxylation is 1. The Balaban J connectivity index is 1.95. The number of rotatable bonds is 4. The van der Waals surface area contributed by atoms with Gasteiger partial charge in [0.2, 0.25) is 0 Å². The lowest BCUT2D eigenvalue weighted by Crippen LogP contribution is -2.00. The second-order valence-corrected chi connectivity index (χ2v) is 5.80. The van der Waals surface area contributed by atoms with Crippen LogP contribution in [0.5, 0.6) is 0 Å². The van der Waals surface area contributed by atoms with Crippen LogP contribution in [0.25, 0.3) is 10.6 Å². The topological polar surface area (TPSA) is 55.1 Å². The smallest absolute Gasteiger partial charge is 0.339 e. The largest absolute Gasteiger partial charge is 0.478 e. The number of carbonyl (C=O) groups is 1. The van der Waals surface area contributed by atoms with Gasteiger partial charge in [-0.2, -0.15) is 5.10 Å². The molecule has 0 aliphatic carbocycles. The van der Waals surface area contributed by atoms with E-state index in [0.717, 1.165) is 10.4 Å². The molecule has 5 heteroatoms. The maximum Gasteiger partial charge on any atom is 0.339 e. The zero-order valence-electron chi connectivity index (χ0n) is 11.5. The Hall–Kier alpha value is -2.40. The molecule has 0 saturated heterocycles. The minimum atomic E-state index is -0.950. The Morgan fingerprint density at radius 2 is 2.05 bits per heavy atom. The van der Waals surface area contributed by atoms with Crippen molar-refractivity contribution in [2.75, 3.05) is 0 Å². The van der Waals surface area contributed by atoms with Crippen LogP contribution in [0.15, 0.2) is 48.0 Å². The highest BCUT2D eigenvalue weighted by atomic mass is 32.1. The van der Waals surface area contributed by atoms with Crippen LogP contribution in [0.3, 0.4) is 0 Å². The van der Waals surface area contributed by atoms with Crippen LogP contribution in [0, 0.1) is 6.92 Å². The fourth-order valence-corrected chi connectivity index (χ4v) is 2.86. The zero-order valence-corrected chi connectivity index (χ0v) is 12.3. The molecule has 0 atom stereocenters. The predicted molar refractivity (Wildman–Crippen MR) is 82.8 cm³/mol. The van der Waals surface area contributed by atoms with Gasteiger partial charge in [0, 0.05) is 6.20 Å². The lowest BCUT2D eigenvalue weighted by molar-refractivity contribution is 0.0697. The van der Waals surface area contributed by atoms with E-state index in [-0.39, 0.29) is 5.56 Å². The fraction of sp³-hybridized carbons (Fsp3) is 0.125. The van der Waals surface area contributed by atoms with Crippen LogP contribution in [-0.4, -0.2) is 20.9 Å². The van der Waals surface area contributed by atoms with E-state index < -0.39 is 5.97 Å². The second-order valence-electron chi connectivity index (χ2n) is 4.86. The molecule has 0 spiro atoms. The molecular formula is C16H14N2O2S.